The van der Waals surface area contributed by atoms with Crippen LogP contribution in [0.5, 0.6) is 0 Å². The van der Waals surface area contributed by atoms with Gasteiger partial charge in [-0.2, -0.15) is 0 Å². The molecule has 4 rings (SSSR count). The SMILES string of the molecule is CC(c1ccc(-c2ccc3c(n2)n(C)c(=O)n3CC(C)(C)C)cc1)N1CCOCC1. The number of pyridine rings is 1. The Labute approximate surface area is 178 Å². The topological polar surface area (TPSA) is 52.3 Å². The fraction of sp³-hybridized carbons (Fsp3) is 0.500. The van der Waals surface area contributed by atoms with E-state index in [1.807, 2.05) is 16.7 Å². The van der Waals surface area contributed by atoms with Gasteiger partial charge in [-0.15, -0.1) is 0 Å². The van der Waals surface area contributed by atoms with Crippen molar-refractivity contribution in [2.24, 2.45) is 12.5 Å². The molecule has 3 heterocycles. The third-order valence-electron chi connectivity index (χ3n) is 5.90. The molecule has 1 fully saturated rings. The number of hydrogen-bond donors (Lipinski definition) is 0. The lowest BCUT2D eigenvalue weighted by molar-refractivity contribution is 0.0198. The molecule has 1 atom stereocenters. The van der Waals surface area contributed by atoms with E-state index in [0.717, 1.165) is 48.7 Å². The smallest absolute Gasteiger partial charge is 0.330 e. The number of aryl methyl sites for hydroxylation is 1. The van der Waals surface area contributed by atoms with Gasteiger partial charge in [0, 0.05) is 38.3 Å². The number of aromatic nitrogens is 3. The molecule has 1 aromatic carbocycles. The molecule has 0 bridgehead atoms. The van der Waals surface area contributed by atoms with Gasteiger partial charge in [-0.3, -0.25) is 14.0 Å². The summed E-state index contributed by atoms with van der Waals surface area (Å²) in [5, 5.41) is 0. The highest BCUT2D eigenvalue weighted by molar-refractivity contribution is 5.76. The van der Waals surface area contributed by atoms with E-state index >= 15 is 0 Å². The van der Waals surface area contributed by atoms with E-state index in [-0.39, 0.29) is 11.1 Å². The van der Waals surface area contributed by atoms with E-state index in [4.69, 9.17) is 9.72 Å². The second-order valence-corrected chi connectivity index (χ2v) is 9.47. The molecule has 1 aliphatic rings. The second kappa shape index (κ2) is 8.00. The fourth-order valence-electron chi connectivity index (χ4n) is 4.17. The molecule has 30 heavy (non-hydrogen) atoms. The van der Waals surface area contributed by atoms with Crippen LogP contribution in [0, 0.1) is 5.41 Å². The number of hydrogen-bond acceptors (Lipinski definition) is 4. The highest BCUT2D eigenvalue weighted by Gasteiger charge is 2.20. The van der Waals surface area contributed by atoms with Crippen molar-refractivity contribution in [2.45, 2.75) is 40.3 Å². The molecular formula is C24H32N4O2. The number of nitrogens with zero attached hydrogens (tertiary/aromatic N) is 4. The third-order valence-corrected chi connectivity index (χ3v) is 5.90. The van der Waals surface area contributed by atoms with Crippen LogP contribution in [-0.2, 0) is 18.3 Å². The molecule has 0 spiro atoms. The van der Waals surface area contributed by atoms with Crippen LogP contribution in [0.1, 0.15) is 39.3 Å². The average Bonchev–Trinajstić information content (AvgIpc) is 2.97. The van der Waals surface area contributed by atoms with Gasteiger partial charge in [0.15, 0.2) is 5.65 Å². The molecule has 1 saturated heterocycles. The highest BCUT2D eigenvalue weighted by atomic mass is 16.5. The number of imidazole rings is 1. The van der Waals surface area contributed by atoms with Crippen molar-refractivity contribution >= 4 is 11.2 Å². The zero-order valence-corrected chi connectivity index (χ0v) is 18.7. The van der Waals surface area contributed by atoms with Gasteiger partial charge in [-0.1, -0.05) is 45.0 Å². The van der Waals surface area contributed by atoms with E-state index < -0.39 is 0 Å². The van der Waals surface area contributed by atoms with E-state index in [1.54, 1.807) is 11.6 Å². The van der Waals surface area contributed by atoms with Gasteiger partial charge in [-0.05, 0) is 30.0 Å². The van der Waals surface area contributed by atoms with E-state index in [0.29, 0.717) is 12.6 Å². The van der Waals surface area contributed by atoms with Crippen molar-refractivity contribution < 1.29 is 4.74 Å². The lowest BCUT2D eigenvalue weighted by Gasteiger charge is -2.32. The predicted octanol–water partition coefficient (Wildman–Crippen LogP) is 3.84. The number of rotatable bonds is 4. The molecule has 1 unspecified atom stereocenters. The molecule has 1 aliphatic heterocycles. The molecule has 0 aliphatic carbocycles. The van der Waals surface area contributed by atoms with Gasteiger partial charge in [0.05, 0.1) is 24.4 Å². The predicted molar refractivity (Wildman–Crippen MR) is 121 cm³/mol. The average molecular weight is 409 g/mol. The molecule has 160 valence electrons. The monoisotopic (exact) mass is 408 g/mol. The number of morpholine rings is 1. The first-order valence-electron chi connectivity index (χ1n) is 10.7. The van der Waals surface area contributed by atoms with Crippen molar-refractivity contribution in [1.29, 1.82) is 0 Å². The van der Waals surface area contributed by atoms with Crippen molar-refractivity contribution in [1.82, 2.24) is 19.0 Å². The molecule has 0 N–H and O–H groups in total. The van der Waals surface area contributed by atoms with E-state index in [9.17, 15) is 4.79 Å². The Morgan fingerprint density at radius 2 is 1.73 bits per heavy atom. The maximum absolute atomic E-state index is 12.8. The van der Waals surface area contributed by atoms with Gasteiger partial charge in [-0.25, -0.2) is 9.78 Å². The summed E-state index contributed by atoms with van der Waals surface area (Å²) in [6.45, 7) is 12.9. The first kappa shape index (κ1) is 20.8. The van der Waals surface area contributed by atoms with E-state index in [2.05, 4.69) is 56.9 Å². The lowest BCUT2D eigenvalue weighted by atomic mass is 9.97. The zero-order chi connectivity index (χ0) is 21.5. The summed E-state index contributed by atoms with van der Waals surface area (Å²) in [4.78, 5) is 20.0. The van der Waals surface area contributed by atoms with Gasteiger partial charge in [0.2, 0.25) is 0 Å². The second-order valence-electron chi connectivity index (χ2n) is 9.47. The summed E-state index contributed by atoms with van der Waals surface area (Å²) in [5.41, 5.74) is 4.86. The van der Waals surface area contributed by atoms with Gasteiger partial charge in [0.1, 0.15) is 0 Å². The number of fused-ring (bicyclic) bond motifs is 1. The van der Waals surface area contributed by atoms with Crippen LogP contribution >= 0.6 is 0 Å². The third kappa shape index (κ3) is 4.07. The van der Waals surface area contributed by atoms with Crippen LogP contribution in [0.4, 0.5) is 0 Å². The van der Waals surface area contributed by atoms with Crippen LogP contribution in [0.2, 0.25) is 0 Å². The Bertz CT molecular complexity index is 1080. The minimum absolute atomic E-state index is 0.0146. The summed E-state index contributed by atoms with van der Waals surface area (Å²) in [6, 6.07) is 13.0. The maximum atomic E-state index is 12.8. The van der Waals surface area contributed by atoms with Crippen LogP contribution in [0.3, 0.4) is 0 Å². The largest absolute Gasteiger partial charge is 0.379 e. The van der Waals surface area contributed by atoms with Crippen molar-refractivity contribution in [2.75, 3.05) is 26.3 Å². The summed E-state index contributed by atoms with van der Waals surface area (Å²) < 4.78 is 8.95. The number of benzene rings is 1. The van der Waals surface area contributed by atoms with Crippen molar-refractivity contribution in [3.8, 4) is 11.3 Å². The Balaban J connectivity index is 1.63. The Morgan fingerprint density at radius 3 is 2.37 bits per heavy atom. The van der Waals surface area contributed by atoms with Crippen molar-refractivity contribution in [3.63, 3.8) is 0 Å². The van der Waals surface area contributed by atoms with Crippen LogP contribution in [-0.4, -0.2) is 45.3 Å². The maximum Gasteiger partial charge on any atom is 0.330 e. The molecule has 6 heteroatoms. The van der Waals surface area contributed by atoms with Crippen LogP contribution in [0.25, 0.3) is 22.4 Å². The van der Waals surface area contributed by atoms with Crippen LogP contribution in [0.15, 0.2) is 41.2 Å². The summed E-state index contributed by atoms with van der Waals surface area (Å²) in [7, 11) is 1.80. The zero-order valence-electron chi connectivity index (χ0n) is 18.7. The minimum atomic E-state index is -0.0146. The van der Waals surface area contributed by atoms with Gasteiger partial charge < -0.3 is 4.74 Å². The Hall–Kier alpha value is -2.44. The lowest BCUT2D eigenvalue weighted by Crippen LogP contribution is -2.37. The van der Waals surface area contributed by atoms with Gasteiger partial charge >= 0.3 is 5.69 Å². The fourth-order valence-corrected chi connectivity index (χ4v) is 4.17. The first-order chi connectivity index (χ1) is 14.2. The Morgan fingerprint density at radius 1 is 1.07 bits per heavy atom. The first-order valence-corrected chi connectivity index (χ1v) is 10.7. The summed E-state index contributed by atoms with van der Waals surface area (Å²) in [6.07, 6.45) is 0. The molecule has 0 radical (unpaired) electrons. The quantitative estimate of drug-likeness (QED) is 0.658. The molecular weight excluding hydrogens is 376 g/mol. The van der Waals surface area contributed by atoms with Gasteiger partial charge in [0.25, 0.3) is 0 Å². The standard InChI is InChI=1S/C24H32N4O2/c1-17(27-12-14-30-15-13-27)18-6-8-19(9-7-18)20-10-11-21-22(25-20)26(5)23(29)28(21)16-24(2,3)4/h6-11,17H,12-16H2,1-5H3. The Kier molecular flexibility index (Phi) is 5.55. The minimum Gasteiger partial charge on any atom is -0.379 e. The summed E-state index contributed by atoms with van der Waals surface area (Å²) >= 11 is 0. The van der Waals surface area contributed by atoms with Crippen molar-refractivity contribution in [3.05, 3.63) is 52.4 Å². The molecule has 0 amide bonds. The normalized spacial score (nSPS) is 16.8. The molecule has 0 saturated carbocycles. The highest BCUT2D eigenvalue weighted by Crippen LogP contribution is 2.26. The molecule has 2 aromatic heterocycles. The van der Waals surface area contributed by atoms with Crippen LogP contribution < -0.4 is 5.69 Å². The number of ether oxygens (including phenoxy) is 1. The molecule has 6 nitrogen and oxygen atoms in total. The molecule has 3 aromatic rings. The van der Waals surface area contributed by atoms with E-state index in [1.165, 1.54) is 5.56 Å². The summed E-state index contributed by atoms with van der Waals surface area (Å²) in [5.74, 6) is 0.